The summed E-state index contributed by atoms with van der Waals surface area (Å²) in [5, 5.41) is 8.05. The summed E-state index contributed by atoms with van der Waals surface area (Å²) in [5.74, 6) is 1.49. The van der Waals surface area contributed by atoms with Gasteiger partial charge in [-0.1, -0.05) is 0 Å². The molecule has 0 N–H and O–H groups in total. The van der Waals surface area contributed by atoms with Crippen LogP contribution in [-0.4, -0.2) is 34.3 Å². The molecular formula is C14H12N2O5S. The van der Waals surface area contributed by atoms with Crippen LogP contribution >= 0.6 is 11.8 Å². The topological polar surface area (TPSA) is 83.7 Å². The second kappa shape index (κ2) is 5.20. The Morgan fingerprint density at radius 1 is 1.23 bits per heavy atom. The van der Waals surface area contributed by atoms with Gasteiger partial charge in [-0.05, 0) is 36.9 Å². The van der Waals surface area contributed by atoms with Crippen LogP contribution in [0, 0.1) is 0 Å². The highest BCUT2D eigenvalue weighted by molar-refractivity contribution is 8.00. The molecule has 1 fully saturated rings. The maximum absolute atomic E-state index is 11.6. The molecule has 2 atom stereocenters. The molecule has 2 aliphatic heterocycles. The number of rotatable bonds is 3. The lowest BCUT2D eigenvalue weighted by atomic mass is 10.2. The number of esters is 1. The van der Waals surface area contributed by atoms with E-state index in [0.29, 0.717) is 29.0 Å². The van der Waals surface area contributed by atoms with E-state index in [2.05, 4.69) is 10.2 Å². The predicted octanol–water partition coefficient (Wildman–Crippen LogP) is 2.26. The van der Waals surface area contributed by atoms with Crippen molar-refractivity contribution in [3.05, 3.63) is 18.2 Å². The molecule has 1 aromatic carbocycles. The molecule has 2 aliphatic rings. The van der Waals surface area contributed by atoms with Crippen molar-refractivity contribution in [1.82, 2.24) is 10.2 Å². The number of aromatic nitrogens is 2. The number of carbonyl (C=O) groups excluding carboxylic acids is 1. The van der Waals surface area contributed by atoms with Gasteiger partial charge in [0.2, 0.25) is 12.7 Å². The largest absolute Gasteiger partial charge is 0.462 e. The van der Waals surface area contributed by atoms with Gasteiger partial charge in [0, 0.05) is 12.0 Å². The number of thioether (sulfide) groups is 1. The van der Waals surface area contributed by atoms with Gasteiger partial charge in [-0.3, -0.25) is 4.79 Å². The van der Waals surface area contributed by atoms with Crippen LogP contribution in [0.3, 0.4) is 0 Å². The maximum atomic E-state index is 11.6. The average Bonchev–Trinajstić information content (AvgIpc) is 3.19. The zero-order valence-corrected chi connectivity index (χ0v) is 12.5. The van der Waals surface area contributed by atoms with E-state index >= 15 is 0 Å². The molecule has 114 valence electrons. The molecule has 2 aromatic rings. The smallest absolute Gasteiger partial charge is 0.320 e. The summed E-state index contributed by atoms with van der Waals surface area (Å²) in [6, 6.07) is 5.41. The molecule has 0 aliphatic carbocycles. The highest BCUT2D eigenvalue weighted by Crippen LogP contribution is 2.37. The second-order valence-electron chi connectivity index (χ2n) is 5.03. The minimum absolute atomic E-state index is 0.0683. The van der Waals surface area contributed by atoms with Gasteiger partial charge in [-0.25, -0.2) is 0 Å². The summed E-state index contributed by atoms with van der Waals surface area (Å²) in [7, 11) is 0. The fraction of sp³-hybridized carbons (Fsp3) is 0.357. The van der Waals surface area contributed by atoms with Crippen LogP contribution in [0.4, 0.5) is 0 Å². The van der Waals surface area contributed by atoms with E-state index in [4.69, 9.17) is 18.6 Å². The van der Waals surface area contributed by atoms with E-state index in [1.807, 2.05) is 13.0 Å². The molecule has 0 spiro atoms. The predicted molar refractivity (Wildman–Crippen MR) is 75.7 cm³/mol. The first-order valence-electron chi connectivity index (χ1n) is 6.80. The van der Waals surface area contributed by atoms with Crippen molar-refractivity contribution in [2.75, 3.05) is 6.79 Å². The highest BCUT2D eigenvalue weighted by atomic mass is 32.2. The number of ether oxygens (including phenoxy) is 3. The second-order valence-corrected chi connectivity index (χ2v) is 6.18. The first-order valence-corrected chi connectivity index (χ1v) is 7.68. The van der Waals surface area contributed by atoms with Crippen molar-refractivity contribution >= 4 is 17.7 Å². The minimum Gasteiger partial charge on any atom is -0.462 e. The van der Waals surface area contributed by atoms with E-state index in [9.17, 15) is 4.79 Å². The molecule has 0 radical (unpaired) electrons. The first-order chi connectivity index (χ1) is 10.7. The monoisotopic (exact) mass is 320 g/mol. The van der Waals surface area contributed by atoms with Gasteiger partial charge >= 0.3 is 5.97 Å². The Bertz CT molecular complexity index is 732. The Morgan fingerprint density at radius 3 is 2.91 bits per heavy atom. The van der Waals surface area contributed by atoms with Crippen molar-refractivity contribution in [3.63, 3.8) is 0 Å². The molecule has 0 saturated carbocycles. The van der Waals surface area contributed by atoms with Crippen LogP contribution in [0.15, 0.2) is 27.8 Å². The van der Waals surface area contributed by atoms with Gasteiger partial charge < -0.3 is 18.6 Å². The SMILES string of the molecule is C[C@@H]1C[C@H](Sc2nnc(-c3ccc4c(c3)OCO4)o2)C(=O)O1. The average molecular weight is 320 g/mol. The zero-order valence-electron chi connectivity index (χ0n) is 11.6. The van der Waals surface area contributed by atoms with Gasteiger partial charge in [0.15, 0.2) is 11.5 Å². The molecule has 1 aromatic heterocycles. The number of fused-ring (bicyclic) bond motifs is 1. The van der Waals surface area contributed by atoms with Crippen molar-refractivity contribution in [2.45, 2.75) is 29.9 Å². The first kappa shape index (κ1) is 13.4. The van der Waals surface area contributed by atoms with Crippen LogP contribution in [0.25, 0.3) is 11.5 Å². The highest BCUT2D eigenvalue weighted by Gasteiger charge is 2.34. The Kier molecular flexibility index (Phi) is 3.18. The fourth-order valence-corrected chi connectivity index (χ4v) is 3.32. The lowest BCUT2D eigenvalue weighted by Crippen LogP contribution is -2.09. The standard InChI is InChI=1S/C14H12N2O5S/c1-7-4-11(13(17)20-7)22-14-16-15-12(21-14)8-2-3-9-10(5-8)19-6-18-9/h2-3,5,7,11H,4,6H2,1H3/t7-,11+/m1/s1. The molecular weight excluding hydrogens is 308 g/mol. The third-order valence-corrected chi connectivity index (χ3v) is 4.43. The third-order valence-electron chi connectivity index (χ3n) is 3.40. The molecule has 8 heteroatoms. The summed E-state index contributed by atoms with van der Waals surface area (Å²) < 4.78 is 21.3. The third kappa shape index (κ3) is 2.39. The van der Waals surface area contributed by atoms with Crippen LogP contribution in [0.5, 0.6) is 11.5 Å². The van der Waals surface area contributed by atoms with Gasteiger partial charge in [0.25, 0.3) is 5.22 Å². The lowest BCUT2D eigenvalue weighted by molar-refractivity contribution is -0.140. The van der Waals surface area contributed by atoms with E-state index in [1.54, 1.807) is 12.1 Å². The summed E-state index contributed by atoms with van der Waals surface area (Å²) in [5.41, 5.74) is 0.742. The van der Waals surface area contributed by atoms with Crippen molar-refractivity contribution in [1.29, 1.82) is 0 Å². The Morgan fingerprint density at radius 2 is 2.09 bits per heavy atom. The molecule has 4 rings (SSSR count). The zero-order chi connectivity index (χ0) is 15.1. The summed E-state index contributed by atoms with van der Waals surface area (Å²) >= 11 is 1.23. The van der Waals surface area contributed by atoms with Crippen molar-refractivity contribution < 1.29 is 23.4 Å². The molecule has 0 amide bonds. The van der Waals surface area contributed by atoms with Crippen LogP contribution in [-0.2, 0) is 9.53 Å². The lowest BCUT2D eigenvalue weighted by Gasteiger charge is -2.00. The number of cyclic esters (lactones) is 1. The Balaban J connectivity index is 1.53. The normalized spacial score (nSPS) is 22.9. The van der Waals surface area contributed by atoms with Gasteiger partial charge in [-0.2, -0.15) is 0 Å². The van der Waals surface area contributed by atoms with Crippen molar-refractivity contribution in [2.24, 2.45) is 0 Å². The maximum Gasteiger partial charge on any atom is 0.320 e. The molecule has 22 heavy (non-hydrogen) atoms. The summed E-state index contributed by atoms with van der Waals surface area (Å²) in [4.78, 5) is 11.6. The number of hydrogen-bond donors (Lipinski definition) is 0. The molecule has 1 saturated heterocycles. The number of hydrogen-bond acceptors (Lipinski definition) is 8. The van der Waals surface area contributed by atoms with Gasteiger partial charge in [0.1, 0.15) is 11.4 Å². The number of benzene rings is 1. The number of nitrogens with zero attached hydrogens (tertiary/aromatic N) is 2. The Labute approximate surface area is 129 Å². The quantitative estimate of drug-likeness (QED) is 0.796. The summed E-state index contributed by atoms with van der Waals surface area (Å²) in [6.07, 6.45) is 0.576. The molecule has 0 unspecified atom stereocenters. The number of carbonyl (C=O) groups is 1. The van der Waals surface area contributed by atoms with Gasteiger partial charge in [-0.15, -0.1) is 10.2 Å². The Hall–Kier alpha value is -2.22. The van der Waals surface area contributed by atoms with Crippen LogP contribution < -0.4 is 9.47 Å². The van der Waals surface area contributed by atoms with E-state index in [0.717, 1.165) is 5.56 Å². The van der Waals surface area contributed by atoms with Crippen molar-refractivity contribution in [3.8, 4) is 23.0 Å². The molecule has 7 nitrogen and oxygen atoms in total. The van der Waals surface area contributed by atoms with Crippen LogP contribution in [0.1, 0.15) is 13.3 Å². The molecule has 3 heterocycles. The van der Waals surface area contributed by atoms with E-state index in [-0.39, 0.29) is 24.1 Å². The minimum atomic E-state index is -0.292. The van der Waals surface area contributed by atoms with Crippen LogP contribution in [0.2, 0.25) is 0 Å². The van der Waals surface area contributed by atoms with E-state index < -0.39 is 0 Å². The van der Waals surface area contributed by atoms with E-state index in [1.165, 1.54) is 11.8 Å². The molecule has 0 bridgehead atoms. The fourth-order valence-electron chi connectivity index (χ4n) is 2.34. The van der Waals surface area contributed by atoms with Gasteiger partial charge in [0.05, 0.1) is 0 Å². The summed E-state index contributed by atoms with van der Waals surface area (Å²) in [6.45, 7) is 2.08.